The van der Waals surface area contributed by atoms with E-state index in [1.165, 1.54) is 31.9 Å². The van der Waals surface area contributed by atoms with Gasteiger partial charge in [-0.1, -0.05) is 6.42 Å². The second kappa shape index (κ2) is 7.01. The number of anilines is 1. The number of sulfone groups is 1. The van der Waals surface area contributed by atoms with Crippen molar-refractivity contribution in [2.24, 2.45) is 24.8 Å². The zero-order valence-corrected chi connectivity index (χ0v) is 18.1. The van der Waals surface area contributed by atoms with Gasteiger partial charge in [0.15, 0.2) is 9.84 Å². The Morgan fingerprint density at radius 2 is 2.00 bits per heavy atom. The van der Waals surface area contributed by atoms with Gasteiger partial charge in [-0.3, -0.25) is 4.79 Å². The second-order valence-corrected chi connectivity index (χ2v) is 11.0. The Morgan fingerprint density at radius 1 is 1.17 bits per heavy atom. The van der Waals surface area contributed by atoms with E-state index in [2.05, 4.69) is 10.3 Å². The molecular formula is C23H27N3O3S. The summed E-state index contributed by atoms with van der Waals surface area (Å²) in [6, 6.07) is 7.14. The number of fused-ring (bicyclic) bond motifs is 3. The average Bonchev–Trinajstić information content (AvgIpc) is 3.40. The van der Waals surface area contributed by atoms with Crippen LogP contribution in [0.15, 0.2) is 46.3 Å². The minimum absolute atomic E-state index is 0.156. The van der Waals surface area contributed by atoms with Crippen LogP contribution < -0.4 is 10.9 Å². The largest absolute Gasteiger partial charge is 0.384 e. The number of nitrogens with one attached hydrogen (secondary N) is 2. The summed E-state index contributed by atoms with van der Waals surface area (Å²) in [5.41, 5.74) is 3.02. The molecular weight excluding hydrogens is 398 g/mol. The van der Waals surface area contributed by atoms with E-state index in [4.69, 9.17) is 0 Å². The number of benzene rings is 1. The van der Waals surface area contributed by atoms with E-state index >= 15 is 0 Å². The molecule has 2 aromatic heterocycles. The monoisotopic (exact) mass is 425 g/mol. The van der Waals surface area contributed by atoms with Crippen LogP contribution in [0.5, 0.6) is 0 Å². The fraction of sp³-hybridized carbons (Fsp3) is 0.435. The number of hydrogen-bond donors (Lipinski definition) is 2. The molecule has 1 aromatic carbocycles. The minimum Gasteiger partial charge on any atom is -0.384 e. The fourth-order valence-electron chi connectivity index (χ4n) is 5.58. The van der Waals surface area contributed by atoms with Crippen LogP contribution in [0.25, 0.3) is 22.0 Å². The van der Waals surface area contributed by atoms with Gasteiger partial charge in [-0.2, -0.15) is 0 Å². The zero-order valence-electron chi connectivity index (χ0n) is 17.3. The maximum Gasteiger partial charge on any atom is 0.272 e. The lowest BCUT2D eigenvalue weighted by Crippen LogP contribution is -2.20. The molecule has 3 atom stereocenters. The molecule has 0 amide bonds. The van der Waals surface area contributed by atoms with Gasteiger partial charge in [-0.05, 0) is 61.3 Å². The highest BCUT2D eigenvalue weighted by atomic mass is 32.2. The number of hydrogen-bond acceptors (Lipinski definition) is 4. The Balaban J connectivity index is 1.59. The summed E-state index contributed by atoms with van der Waals surface area (Å²) in [5, 5.41) is 4.43. The molecule has 0 saturated heterocycles. The summed E-state index contributed by atoms with van der Waals surface area (Å²) in [6.45, 7) is 0.901. The number of nitrogens with zero attached hydrogens (tertiary/aromatic N) is 1. The quantitative estimate of drug-likeness (QED) is 0.652. The summed E-state index contributed by atoms with van der Waals surface area (Å²) >= 11 is 0. The number of aryl methyl sites for hydroxylation is 1. The molecule has 2 bridgehead atoms. The van der Waals surface area contributed by atoms with Gasteiger partial charge in [-0.25, -0.2) is 8.42 Å². The maximum atomic E-state index is 12.3. The van der Waals surface area contributed by atoms with E-state index in [9.17, 15) is 13.2 Å². The molecule has 2 heterocycles. The third-order valence-corrected chi connectivity index (χ3v) is 8.16. The van der Waals surface area contributed by atoms with Crippen LogP contribution in [0.4, 0.5) is 5.69 Å². The molecule has 1 unspecified atom stereocenters. The summed E-state index contributed by atoms with van der Waals surface area (Å²) < 4.78 is 26.2. The van der Waals surface area contributed by atoms with E-state index in [1.54, 1.807) is 22.9 Å². The topological polar surface area (TPSA) is 84.0 Å². The Hall–Kier alpha value is -2.54. The molecule has 0 spiro atoms. The Bertz CT molecular complexity index is 1290. The SMILES string of the molecule is Cn1cc(-c2cc(S(C)(=O)=O)ccc2NCC2C[C@H]3CC[C@H]2C3)c2cc[nH]c(=O)c21. The molecule has 30 heavy (non-hydrogen) atoms. The number of aromatic nitrogens is 2. The lowest BCUT2D eigenvalue weighted by atomic mass is 9.88. The van der Waals surface area contributed by atoms with Crippen LogP contribution in [0, 0.1) is 17.8 Å². The van der Waals surface area contributed by atoms with Crippen LogP contribution in [-0.4, -0.2) is 30.8 Å². The number of H-pyrrole nitrogens is 1. The van der Waals surface area contributed by atoms with Gasteiger partial charge in [0.25, 0.3) is 5.56 Å². The standard InChI is InChI=1S/C23H27N3O3S/c1-26-13-20(18-7-8-24-23(27)22(18)26)19-11-17(30(2,28)29)5-6-21(19)25-12-16-10-14-3-4-15(16)9-14/h5-8,11,13-16,25H,3-4,9-10,12H2,1-2H3,(H,24,27)/t14-,15-,16?/m0/s1. The van der Waals surface area contributed by atoms with Gasteiger partial charge < -0.3 is 14.9 Å². The molecule has 2 aliphatic carbocycles. The summed E-state index contributed by atoms with van der Waals surface area (Å²) in [6.07, 6.45) is 10.1. The van der Waals surface area contributed by atoms with Crippen LogP contribution in [0.3, 0.4) is 0 Å². The first-order valence-corrected chi connectivity index (χ1v) is 12.5. The Kier molecular flexibility index (Phi) is 4.54. The van der Waals surface area contributed by atoms with E-state index in [1.807, 2.05) is 25.4 Å². The van der Waals surface area contributed by atoms with Gasteiger partial charge in [0.05, 0.1) is 4.90 Å². The summed E-state index contributed by atoms with van der Waals surface area (Å²) in [7, 11) is -1.51. The summed E-state index contributed by atoms with van der Waals surface area (Å²) in [5.74, 6) is 2.39. The number of pyridine rings is 1. The molecule has 3 aromatic rings. The van der Waals surface area contributed by atoms with E-state index in [0.29, 0.717) is 11.4 Å². The van der Waals surface area contributed by atoms with Crippen LogP contribution >= 0.6 is 0 Å². The van der Waals surface area contributed by atoms with Gasteiger partial charge >= 0.3 is 0 Å². The predicted octanol–water partition coefficient (Wildman–Crippen LogP) is 3.79. The first-order valence-electron chi connectivity index (χ1n) is 10.6. The van der Waals surface area contributed by atoms with E-state index in [-0.39, 0.29) is 10.5 Å². The van der Waals surface area contributed by atoms with Crippen LogP contribution in [0.2, 0.25) is 0 Å². The summed E-state index contributed by atoms with van der Waals surface area (Å²) in [4.78, 5) is 15.3. The molecule has 2 aliphatic rings. The third kappa shape index (κ3) is 3.25. The van der Waals surface area contributed by atoms with Crippen molar-refractivity contribution in [1.82, 2.24) is 9.55 Å². The minimum atomic E-state index is -3.34. The van der Waals surface area contributed by atoms with Crippen molar-refractivity contribution in [3.63, 3.8) is 0 Å². The predicted molar refractivity (Wildman–Crippen MR) is 120 cm³/mol. The van der Waals surface area contributed by atoms with Crippen LogP contribution in [-0.2, 0) is 16.9 Å². The van der Waals surface area contributed by atoms with Crippen molar-refractivity contribution >= 4 is 26.4 Å². The molecule has 7 heteroatoms. The fourth-order valence-corrected chi connectivity index (χ4v) is 6.23. The highest BCUT2D eigenvalue weighted by Gasteiger charge is 2.39. The van der Waals surface area contributed by atoms with Gasteiger partial charge in [0.1, 0.15) is 5.52 Å². The molecule has 158 valence electrons. The van der Waals surface area contributed by atoms with Crippen molar-refractivity contribution in [1.29, 1.82) is 0 Å². The first kappa shape index (κ1) is 19.4. The average molecular weight is 426 g/mol. The van der Waals surface area contributed by atoms with Gasteiger partial charge in [0, 0.05) is 54.4 Å². The molecule has 2 fully saturated rings. The van der Waals surface area contributed by atoms with Crippen molar-refractivity contribution in [3.8, 4) is 11.1 Å². The normalized spacial score (nSPS) is 23.3. The molecule has 2 N–H and O–H groups in total. The number of rotatable bonds is 5. The smallest absolute Gasteiger partial charge is 0.272 e. The van der Waals surface area contributed by atoms with Crippen molar-refractivity contribution < 1.29 is 8.42 Å². The Morgan fingerprint density at radius 3 is 2.70 bits per heavy atom. The lowest BCUT2D eigenvalue weighted by Gasteiger charge is -2.23. The third-order valence-electron chi connectivity index (χ3n) is 7.05. The molecule has 0 aliphatic heterocycles. The van der Waals surface area contributed by atoms with Gasteiger partial charge in [-0.15, -0.1) is 0 Å². The van der Waals surface area contributed by atoms with E-state index < -0.39 is 9.84 Å². The molecule has 2 saturated carbocycles. The van der Waals surface area contributed by atoms with Crippen molar-refractivity contribution in [2.45, 2.75) is 30.6 Å². The lowest BCUT2D eigenvalue weighted by molar-refractivity contribution is 0.348. The molecule has 0 radical (unpaired) electrons. The first-order chi connectivity index (χ1) is 14.3. The Labute approximate surface area is 176 Å². The van der Waals surface area contributed by atoms with E-state index in [0.717, 1.165) is 40.6 Å². The zero-order chi connectivity index (χ0) is 21.0. The highest BCUT2D eigenvalue weighted by Crippen LogP contribution is 2.48. The van der Waals surface area contributed by atoms with Crippen molar-refractivity contribution in [2.75, 3.05) is 18.1 Å². The second-order valence-electron chi connectivity index (χ2n) is 9.02. The molecule has 6 nitrogen and oxygen atoms in total. The maximum absolute atomic E-state index is 12.3. The highest BCUT2D eigenvalue weighted by molar-refractivity contribution is 7.90. The van der Waals surface area contributed by atoms with Crippen molar-refractivity contribution in [3.05, 3.63) is 47.0 Å². The number of aromatic amines is 1. The van der Waals surface area contributed by atoms with Crippen LogP contribution in [0.1, 0.15) is 25.7 Å². The van der Waals surface area contributed by atoms with Gasteiger partial charge in [0.2, 0.25) is 0 Å². The molecule has 5 rings (SSSR count).